The molecule has 0 aliphatic carbocycles. The molecule has 0 spiro atoms. The van der Waals surface area contributed by atoms with Gasteiger partial charge in [-0.1, -0.05) is 54.0 Å². The van der Waals surface area contributed by atoms with E-state index in [-0.39, 0.29) is 104 Å². The molecule has 0 aromatic rings. The summed E-state index contributed by atoms with van der Waals surface area (Å²) in [6, 6.07) is -0.139. The molecule has 0 amide bonds. The van der Waals surface area contributed by atoms with E-state index in [0.717, 1.165) is 6.42 Å². The third kappa shape index (κ3) is 11.8. The van der Waals surface area contributed by atoms with Crippen LogP contribution >= 0.6 is 0 Å². The van der Waals surface area contributed by atoms with E-state index in [9.17, 15) is 14.7 Å². The first-order valence-electron chi connectivity index (χ1n) is 17.8. The zero-order chi connectivity index (χ0) is 34.5. The topological polar surface area (TPSA) is 104 Å². The van der Waals surface area contributed by atoms with Gasteiger partial charge < -0.3 is 33.7 Å². The van der Waals surface area contributed by atoms with Crippen LogP contribution in [0.15, 0.2) is 11.6 Å². The summed E-state index contributed by atoms with van der Waals surface area (Å²) in [7, 11) is 3.90. The summed E-state index contributed by atoms with van der Waals surface area (Å²) in [6.07, 6.45) is 3.64. The molecule has 10 unspecified atom stereocenters. The Balaban J connectivity index is 0.00000768. The van der Waals surface area contributed by atoms with Gasteiger partial charge in [0.1, 0.15) is 12.2 Å². The van der Waals surface area contributed by atoms with Gasteiger partial charge in [-0.25, -0.2) is 0 Å². The number of hydrogen-bond donors (Lipinski definition) is 1. The van der Waals surface area contributed by atoms with Crippen molar-refractivity contribution in [3.05, 3.63) is 18.1 Å². The van der Waals surface area contributed by atoms with E-state index in [1.807, 2.05) is 73.5 Å². The number of hydrogen-bond acceptors (Lipinski definition) is 9. The normalized spacial score (nSPS) is 44.1. The van der Waals surface area contributed by atoms with Crippen LogP contribution in [0, 0.1) is 86.0 Å². The summed E-state index contributed by atoms with van der Waals surface area (Å²) in [5, 5.41) is 11.4. The maximum absolute atomic E-state index is 14.0. The molecule has 15 atom stereocenters. The van der Waals surface area contributed by atoms with Gasteiger partial charge in [0.05, 0.1) is 30.3 Å². The number of nitrogens with zero attached hydrogens (tertiary/aromatic N) is 1. The quantitative estimate of drug-likeness (QED) is 0.310. The van der Waals surface area contributed by atoms with Gasteiger partial charge in [-0.05, 0) is 84.9 Å². The fourth-order valence-electron chi connectivity index (χ4n) is 7.79. The first-order valence-corrected chi connectivity index (χ1v) is 17.8. The number of allylic oxidation sites excluding steroid dienone is 1. The van der Waals surface area contributed by atoms with Crippen molar-refractivity contribution >= 4 is 11.8 Å². The minimum absolute atomic E-state index is 0. The molecule has 268 valence electrons. The molecule has 2 fully saturated rings. The molecule has 2 saturated heterocycles. The Morgan fingerprint density at radius 2 is 1.60 bits per heavy atom. The van der Waals surface area contributed by atoms with Crippen LogP contribution in [0.5, 0.6) is 0 Å². The number of likely N-dealkylation sites (N-methyl/N-ethyl adjacent to an activating group) is 1. The number of aliphatic hydroxyl groups is 1. The van der Waals surface area contributed by atoms with Crippen LogP contribution in [-0.2, 0) is 33.3 Å². The van der Waals surface area contributed by atoms with E-state index < -0.39 is 36.8 Å². The second kappa shape index (κ2) is 19.6. The molecule has 2 radical (unpaired) electrons. The molecule has 0 saturated carbocycles. The van der Waals surface area contributed by atoms with Gasteiger partial charge in [0.15, 0.2) is 18.4 Å². The van der Waals surface area contributed by atoms with E-state index >= 15 is 0 Å². The Hall–Kier alpha value is 0.0816. The third-order valence-electron chi connectivity index (χ3n) is 10.4. The molecule has 3 rings (SSSR count). The predicted octanol–water partition coefficient (Wildman–Crippen LogP) is 5.97. The Bertz CT molecular complexity index is 1010. The van der Waals surface area contributed by atoms with Crippen molar-refractivity contribution < 1.29 is 82.4 Å². The number of cyclic esters (lactones) is 1. The van der Waals surface area contributed by atoms with Gasteiger partial charge in [-0.2, -0.15) is 0 Å². The van der Waals surface area contributed by atoms with Crippen LogP contribution in [0.25, 0.3) is 0 Å². The van der Waals surface area contributed by atoms with Crippen LogP contribution in [0.3, 0.4) is 0 Å². The van der Waals surface area contributed by atoms with Gasteiger partial charge in [-0.3, -0.25) is 9.59 Å². The maximum Gasteiger partial charge on any atom is 0.311 e. The molecule has 1 N–H and O–H groups in total. The van der Waals surface area contributed by atoms with Gasteiger partial charge in [0.2, 0.25) is 0 Å². The van der Waals surface area contributed by atoms with Crippen molar-refractivity contribution in [3.63, 3.8) is 0 Å². The van der Waals surface area contributed by atoms with Gasteiger partial charge in [-0.15, -0.1) is 0 Å². The monoisotopic (exact) mass is 877 g/mol. The SMILES string of the molecule is CCC[C@H]1OC(=O)[C@H](C)C(OC2CC(C)[CH]C(C)O2)[C@H](C)C(OC2OC(C)CC(N(C)C)C2O)[C@@H](C)C[C@@H](C)C(=O)/C(C)=C/C1C.[Ac]. The summed E-state index contributed by atoms with van der Waals surface area (Å²) in [5.41, 5.74) is 0.685. The fraction of sp³-hybridized carbons (Fsp3) is 0.865. The first-order chi connectivity index (χ1) is 21.5. The van der Waals surface area contributed by atoms with Crippen molar-refractivity contribution in [1.29, 1.82) is 0 Å². The van der Waals surface area contributed by atoms with E-state index in [1.165, 1.54) is 0 Å². The molecule has 10 heteroatoms. The number of ether oxygens (including phenoxy) is 5. The molecule has 3 aliphatic rings. The van der Waals surface area contributed by atoms with Gasteiger partial charge in [0.25, 0.3) is 0 Å². The molecule has 3 aliphatic heterocycles. The number of Topliss-reactive ketones (excluding diaryl/α,β-unsaturated/α-hetero) is 1. The van der Waals surface area contributed by atoms with Crippen molar-refractivity contribution in [2.45, 2.75) is 157 Å². The summed E-state index contributed by atoms with van der Waals surface area (Å²) >= 11 is 0. The molecule has 9 nitrogen and oxygen atoms in total. The molecule has 47 heavy (non-hydrogen) atoms. The van der Waals surface area contributed by atoms with Crippen molar-refractivity contribution in [2.24, 2.45) is 35.5 Å². The molecule has 0 bridgehead atoms. The standard InChI is InChI=1S/C37H64NO8.Ac/c1-13-14-30-21(3)17-22(4)32(39)23(5)18-24(6)34(46-37-33(40)29(38(11)12)19-26(8)43-37)27(9)35(28(10)36(41)44-30)45-31-16-20(2)15-25(7)42-31;/h15,17,20-21,23-31,33-35,37,40H,13-14,16,18-19H2,1-12H3;/b22-17+;/t20?,21?,23-,24+,25?,26?,27-,28-,29?,30-,31?,33?,34?,35?,37?;/m1./s1. The Morgan fingerprint density at radius 1 is 0.936 bits per heavy atom. The second-order valence-electron chi connectivity index (χ2n) is 15.0. The van der Waals surface area contributed by atoms with Crippen LogP contribution in [-0.4, -0.2) is 91.1 Å². The summed E-state index contributed by atoms with van der Waals surface area (Å²) in [4.78, 5) is 29.6. The predicted molar refractivity (Wildman–Crippen MR) is 179 cm³/mol. The summed E-state index contributed by atoms with van der Waals surface area (Å²) < 4.78 is 32.3. The number of carbonyl (C=O) groups is 2. The number of ketones is 1. The van der Waals surface area contributed by atoms with Gasteiger partial charge >= 0.3 is 5.97 Å². The van der Waals surface area contributed by atoms with E-state index in [2.05, 4.69) is 27.2 Å². The Labute approximate surface area is 321 Å². The molecule has 3 heterocycles. The van der Waals surface area contributed by atoms with E-state index in [4.69, 9.17) is 23.7 Å². The molecule has 0 aromatic heterocycles. The molecule has 0 aromatic carbocycles. The summed E-state index contributed by atoms with van der Waals surface area (Å²) in [5.74, 6) is -1.43. The number of esters is 1. The van der Waals surface area contributed by atoms with Crippen LogP contribution in [0.2, 0.25) is 0 Å². The van der Waals surface area contributed by atoms with Gasteiger partial charge in [0, 0.05) is 74.3 Å². The second-order valence-corrected chi connectivity index (χ2v) is 15.0. The smallest absolute Gasteiger partial charge is 0.311 e. The minimum atomic E-state index is -0.879. The molecular weight excluding hydrogens is 813 g/mol. The van der Waals surface area contributed by atoms with E-state index in [0.29, 0.717) is 37.2 Å². The largest absolute Gasteiger partial charge is 0.461 e. The Morgan fingerprint density at radius 3 is 2.19 bits per heavy atom. The number of rotatable bonds is 7. The number of carbonyl (C=O) groups excluding carboxylic acids is 2. The van der Waals surface area contributed by atoms with Crippen LogP contribution in [0.1, 0.15) is 101 Å². The van der Waals surface area contributed by atoms with Crippen molar-refractivity contribution in [1.82, 2.24) is 4.90 Å². The third-order valence-corrected chi connectivity index (χ3v) is 10.4. The maximum atomic E-state index is 14.0. The fourth-order valence-corrected chi connectivity index (χ4v) is 7.79. The average Bonchev–Trinajstić information content (AvgIpc) is 2.97. The number of aliphatic hydroxyl groups excluding tert-OH is 1. The summed E-state index contributed by atoms with van der Waals surface area (Å²) in [6.45, 7) is 20.0. The van der Waals surface area contributed by atoms with Crippen LogP contribution in [0.4, 0.5) is 0 Å². The van der Waals surface area contributed by atoms with Crippen molar-refractivity contribution in [3.8, 4) is 0 Å². The zero-order valence-corrected chi connectivity index (χ0v) is 35.9. The molecular formula is C37H64AcNO8. The van der Waals surface area contributed by atoms with E-state index in [1.54, 1.807) is 0 Å². The average molecular weight is 878 g/mol. The Kier molecular flexibility index (Phi) is 18.1. The first kappa shape index (κ1) is 43.2. The van der Waals surface area contributed by atoms with Crippen molar-refractivity contribution in [2.75, 3.05) is 14.1 Å². The van der Waals surface area contributed by atoms with Crippen LogP contribution < -0.4 is 0 Å². The zero-order valence-electron chi connectivity index (χ0n) is 31.2. The minimum Gasteiger partial charge on any atom is -0.461 e.